The molecule has 10 atom stereocenters. The van der Waals surface area contributed by atoms with Crippen LogP contribution in [0.3, 0.4) is 0 Å². The summed E-state index contributed by atoms with van der Waals surface area (Å²) < 4.78 is 0. The van der Waals surface area contributed by atoms with Gasteiger partial charge in [-0.2, -0.15) is 0 Å². The lowest BCUT2D eigenvalue weighted by Crippen LogP contribution is -2.59. The van der Waals surface area contributed by atoms with Gasteiger partial charge in [0.05, 0.1) is 18.3 Å². The number of ketones is 1. The zero-order valence-corrected chi connectivity index (χ0v) is 15.8. The quantitative estimate of drug-likeness (QED) is 0.679. The molecule has 0 aliphatic heterocycles. The topological polar surface area (TPSA) is 77.8 Å². The third kappa shape index (κ3) is 2.40. The molecule has 142 valence electrons. The van der Waals surface area contributed by atoms with E-state index in [2.05, 4.69) is 13.8 Å². The van der Waals surface area contributed by atoms with Gasteiger partial charge in [0.15, 0.2) is 0 Å². The highest BCUT2D eigenvalue weighted by Gasteiger charge is 2.63. The fraction of sp³-hybridized carbons (Fsp3) is 0.952. The molecule has 0 aromatic carbocycles. The molecule has 3 N–H and O–H groups in total. The van der Waals surface area contributed by atoms with Crippen molar-refractivity contribution in [3.63, 3.8) is 0 Å². The first-order valence-electron chi connectivity index (χ1n) is 10.3. The van der Waals surface area contributed by atoms with E-state index < -0.39 is 12.2 Å². The van der Waals surface area contributed by atoms with Gasteiger partial charge in [-0.25, -0.2) is 0 Å². The van der Waals surface area contributed by atoms with Gasteiger partial charge < -0.3 is 15.3 Å². The van der Waals surface area contributed by atoms with Gasteiger partial charge in [0.25, 0.3) is 0 Å². The number of carbonyl (C=O) groups is 1. The van der Waals surface area contributed by atoms with E-state index in [-0.39, 0.29) is 22.9 Å². The second kappa shape index (κ2) is 5.77. The molecule has 0 aromatic heterocycles. The molecule has 0 spiro atoms. The number of fused-ring (bicyclic) bond motifs is 5. The van der Waals surface area contributed by atoms with Gasteiger partial charge in [-0.05, 0) is 80.0 Å². The van der Waals surface area contributed by atoms with Crippen LogP contribution in [0.25, 0.3) is 0 Å². The highest BCUT2D eigenvalue weighted by Crippen LogP contribution is 2.67. The Bertz CT molecular complexity index is 560. The van der Waals surface area contributed by atoms with E-state index in [1.807, 2.05) is 6.92 Å². The molecule has 4 aliphatic rings. The third-order valence-corrected chi connectivity index (χ3v) is 9.13. The highest BCUT2D eigenvalue weighted by molar-refractivity contribution is 5.83. The highest BCUT2D eigenvalue weighted by atomic mass is 16.3. The summed E-state index contributed by atoms with van der Waals surface area (Å²) in [5.41, 5.74) is -0.0332. The van der Waals surface area contributed by atoms with E-state index in [4.69, 9.17) is 0 Å². The average Bonchev–Trinajstić information content (AvgIpc) is 2.88. The largest absolute Gasteiger partial charge is 0.393 e. The van der Waals surface area contributed by atoms with Crippen LogP contribution in [0, 0.1) is 40.4 Å². The van der Waals surface area contributed by atoms with E-state index in [9.17, 15) is 20.1 Å². The summed E-state index contributed by atoms with van der Waals surface area (Å²) in [5.74, 6) is 1.92. The molecule has 4 aliphatic carbocycles. The Morgan fingerprint density at radius 1 is 1.04 bits per heavy atom. The maximum atomic E-state index is 13.0. The van der Waals surface area contributed by atoms with Gasteiger partial charge in [-0.1, -0.05) is 13.8 Å². The Balaban J connectivity index is 1.67. The van der Waals surface area contributed by atoms with Gasteiger partial charge >= 0.3 is 0 Å². The van der Waals surface area contributed by atoms with Crippen LogP contribution in [0.15, 0.2) is 0 Å². The molecular weight excluding hydrogens is 316 g/mol. The summed E-state index contributed by atoms with van der Waals surface area (Å²) in [6.45, 7) is 6.47. The molecule has 0 heterocycles. The van der Waals surface area contributed by atoms with Gasteiger partial charge in [-0.15, -0.1) is 0 Å². The van der Waals surface area contributed by atoms with E-state index in [1.165, 1.54) is 0 Å². The summed E-state index contributed by atoms with van der Waals surface area (Å²) in [5, 5.41) is 30.7. The second-order valence-electron chi connectivity index (χ2n) is 10.1. The van der Waals surface area contributed by atoms with Gasteiger partial charge in [-0.3, -0.25) is 4.79 Å². The van der Waals surface area contributed by atoms with E-state index in [0.717, 1.165) is 25.7 Å². The SMILES string of the molecule is CC(O)[C@H]1CC[C@H]2[C@@H]3CC(=O)C4CC(O)C(O)C[C@]4(C)[C@H]3CC[C@]12C. The monoisotopic (exact) mass is 350 g/mol. The summed E-state index contributed by atoms with van der Waals surface area (Å²) in [6.07, 6.45) is 4.28. The van der Waals surface area contributed by atoms with Gasteiger partial charge in [0.2, 0.25) is 0 Å². The normalized spacial score (nSPS) is 56.7. The van der Waals surface area contributed by atoms with Crippen LogP contribution in [0.5, 0.6) is 0 Å². The summed E-state index contributed by atoms with van der Waals surface area (Å²) in [6, 6.07) is 0. The smallest absolute Gasteiger partial charge is 0.136 e. The minimum Gasteiger partial charge on any atom is -0.393 e. The van der Waals surface area contributed by atoms with Crippen molar-refractivity contribution in [2.75, 3.05) is 0 Å². The van der Waals surface area contributed by atoms with Crippen LogP contribution in [0.4, 0.5) is 0 Å². The van der Waals surface area contributed by atoms with Crippen LogP contribution in [-0.2, 0) is 4.79 Å². The maximum absolute atomic E-state index is 13.0. The van der Waals surface area contributed by atoms with Crippen molar-refractivity contribution in [1.82, 2.24) is 0 Å². The lowest BCUT2D eigenvalue weighted by Gasteiger charge is -2.60. The number of hydrogen-bond acceptors (Lipinski definition) is 4. The number of hydrogen-bond donors (Lipinski definition) is 3. The van der Waals surface area contributed by atoms with Crippen LogP contribution in [0.1, 0.15) is 65.7 Å². The molecule has 4 nitrogen and oxygen atoms in total. The number of rotatable bonds is 1. The summed E-state index contributed by atoms with van der Waals surface area (Å²) >= 11 is 0. The van der Waals surface area contributed by atoms with E-state index in [1.54, 1.807) is 0 Å². The van der Waals surface area contributed by atoms with Crippen molar-refractivity contribution < 1.29 is 20.1 Å². The molecule has 25 heavy (non-hydrogen) atoms. The average molecular weight is 350 g/mol. The molecule has 4 rings (SSSR count). The van der Waals surface area contributed by atoms with E-state index in [0.29, 0.717) is 48.7 Å². The molecule has 4 heteroatoms. The van der Waals surface area contributed by atoms with E-state index >= 15 is 0 Å². The van der Waals surface area contributed by atoms with Crippen molar-refractivity contribution in [3.8, 4) is 0 Å². The van der Waals surface area contributed by atoms with Crippen molar-refractivity contribution in [2.45, 2.75) is 84.0 Å². The molecule has 0 bridgehead atoms. The predicted molar refractivity (Wildman–Crippen MR) is 94.7 cm³/mol. The van der Waals surface area contributed by atoms with Gasteiger partial charge in [0, 0.05) is 12.3 Å². The van der Waals surface area contributed by atoms with Crippen LogP contribution in [-0.4, -0.2) is 39.4 Å². The number of aliphatic hydroxyl groups is 3. The van der Waals surface area contributed by atoms with Crippen molar-refractivity contribution >= 4 is 5.78 Å². The van der Waals surface area contributed by atoms with Gasteiger partial charge in [0.1, 0.15) is 5.78 Å². The fourth-order valence-electron chi connectivity index (χ4n) is 7.90. The van der Waals surface area contributed by atoms with Crippen LogP contribution in [0.2, 0.25) is 0 Å². The summed E-state index contributed by atoms with van der Waals surface area (Å²) in [4.78, 5) is 13.0. The number of carbonyl (C=O) groups excluding carboxylic acids is 1. The molecule has 0 amide bonds. The van der Waals surface area contributed by atoms with Crippen molar-refractivity contribution in [2.24, 2.45) is 40.4 Å². The predicted octanol–water partition coefficient (Wildman–Crippen LogP) is 2.54. The second-order valence-corrected chi connectivity index (χ2v) is 10.1. The van der Waals surface area contributed by atoms with Crippen molar-refractivity contribution in [3.05, 3.63) is 0 Å². The Morgan fingerprint density at radius 3 is 2.40 bits per heavy atom. The number of aliphatic hydroxyl groups excluding tert-OH is 3. The van der Waals surface area contributed by atoms with Crippen molar-refractivity contribution in [1.29, 1.82) is 0 Å². The molecular formula is C21H34O4. The first-order valence-corrected chi connectivity index (χ1v) is 10.3. The minimum absolute atomic E-state index is 0.0922. The first kappa shape index (κ1) is 17.9. The maximum Gasteiger partial charge on any atom is 0.136 e. The zero-order chi connectivity index (χ0) is 18.1. The third-order valence-electron chi connectivity index (χ3n) is 9.13. The molecule has 0 radical (unpaired) electrons. The summed E-state index contributed by atoms with van der Waals surface area (Å²) in [7, 11) is 0. The molecule has 0 saturated heterocycles. The zero-order valence-electron chi connectivity index (χ0n) is 15.8. The first-order chi connectivity index (χ1) is 11.7. The molecule has 4 unspecified atom stereocenters. The van der Waals surface area contributed by atoms with Crippen LogP contribution >= 0.6 is 0 Å². The Morgan fingerprint density at radius 2 is 1.72 bits per heavy atom. The Hall–Kier alpha value is -0.450. The lowest BCUT2D eigenvalue weighted by atomic mass is 9.44. The molecule has 4 fully saturated rings. The minimum atomic E-state index is -0.751. The Labute approximate surface area is 151 Å². The lowest BCUT2D eigenvalue weighted by molar-refractivity contribution is -0.174. The van der Waals surface area contributed by atoms with Crippen LogP contribution < -0.4 is 0 Å². The fourth-order valence-corrected chi connectivity index (χ4v) is 7.90. The standard InChI is InChI=1S/C21H34O4/c1-11(22)13-4-5-14-12-8-17(23)16-9-18(24)19(25)10-21(16,3)15(12)6-7-20(13,14)2/h11-16,18-19,22,24-25H,4-10H2,1-3H3/t11?,12-,13+,14-,15-,16?,18?,19?,20+,21+/m0/s1. The Kier molecular flexibility index (Phi) is 4.14. The number of Topliss-reactive ketones (excluding diaryl/α,β-unsaturated/α-hetero) is 1. The molecule has 4 saturated carbocycles. The molecule has 0 aromatic rings.